The SMILES string of the molecule is CN(C(=O)OC(C)(C)C)[C@H]1C[C@H](Oc2cc(Br)cn3cncc23)C1. The molecular weight excluding hydrogens is 374 g/mol. The highest BCUT2D eigenvalue weighted by atomic mass is 79.9. The third-order valence-corrected chi connectivity index (χ3v) is 4.48. The van der Waals surface area contributed by atoms with Crippen LogP contribution in [0.1, 0.15) is 33.6 Å². The molecule has 1 aliphatic carbocycles. The van der Waals surface area contributed by atoms with E-state index in [2.05, 4.69) is 20.9 Å². The van der Waals surface area contributed by atoms with Crippen LogP contribution in [0.4, 0.5) is 4.79 Å². The molecule has 0 radical (unpaired) electrons. The second-order valence-electron chi connectivity index (χ2n) is 7.17. The van der Waals surface area contributed by atoms with Gasteiger partial charge < -0.3 is 18.8 Å². The van der Waals surface area contributed by atoms with Crippen molar-refractivity contribution in [2.24, 2.45) is 0 Å². The molecule has 1 amide bonds. The van der Waals surface area contributed by atoms with Crippen LogP contribution in [0.25, 0.3) is 5.52 Å². The van der Waals surface area contributed by atoms with Gasteiger partial charge in [-0.25, -0.2) is 9.78 Å². The van der Waals surface area contributed by atoms with Crippen molar-refractivity contribution in [3.05, 3.63) is 29.3 Å². The summed E-state index contributed by atoms with van der Waals surface area (Å²) in [6.45, 7) is 5.61. The molecule has 0 N–H and O–H groups in total. The van der Waals surface area contributed by atoms with E-state index in [9.17, 15) is 4.79 Å². The van der Waals surface area contributed by atoms with Gasteiger partial charge in [0.2, 0.25) is 0 Å². The third-order valence-electron chi connectivity index (χ3n) is 4.04. The Kier molecular flexibility index (Phi) is 4.46. The largest absolute Gasteiger partial charge is 0.488 e. The molecule has 2 heterocycles. The molecule has 0 bridgehead atoms. The van der Waals surface area contributed by atoms with Crippen molar-refractivity contribution in [1.29, 1.82) is 0 Å². The Balaban J connectivity index is 1.59. The standard InChI is InChI=1S/C17H22BrN3O3/c1-17(2,3)24-16(22)20(4)12-6-13(7-12)23-15-5-11(18)9-21-10-19-8-14(15)21/h5,8-10,12-13H,6-7H2,1-4H3/t12-,13-. The lowest BCUT2D eigenvalue weighted by molar-refractivity contribution is -0.00851. The number of imidazole rings is 1. The number of ether oxygens (including phenoxy) is 2. The van der Waals surface area contributed by atoms with Crippen molar-refractivity contribution in [3.8, 4) is 5.75 Å². The lowest BCUT2D eigenvalue weighted by Crippen LogP contribution is -2.51. The maximum atomic E-state index is 12.1. The Hall–Kier alpha value is -1.76. The summed E-state index contributed by atoms with van der Waals surface area (Å²) in [6.07, 6.45) is 6.86. The Bertz CT molecular complexity index is 747. The molecule has 0 saturated heterocycles. The molecule has 0 spiro atoms. The predicted octanol–water partition coefficient (Wildman–Crippen LogP) is 3.87. The molecule has 0 aliphatic heterocycles. The molecule has 2 aromatic rings. The summed E-state index contributed by atoms with van der Waals surface area (Å²) in [4.78, 5) is 17.9. The average molecular weight is 396 g/mol. The molecule has 1 fully saturated rings. The summed E-state index contributed by atoms with van der Waals surface area (Å²) >= 11 is 3.48. The molecule has 3 rings (SSSR count). The number of fused-ring (bicyclic) bond motifs is 1. The van der Waals surface area contributed by atoms with E-state index in [1.165, 1.54) is 0 Å². The van der Waals surface area contributed by atoms with E-state index >= 15 is 0 Å². The number of amides is 1. The smallest absolute Gasteiger partial charge is 0.410 e. The van der Waals surface area contributed by atoms with Crippen molar-refractivity contribution < 1.29 is 14.3 Å². The van der Waals surface area contributed by atoms with Gasteiger partial charge in [0, 0.05) is 36.6 Å². The molecule has 24 heavy (non-hydrogen) atoms. The quantitative estimate of drug-likeness (QED) is 0.791. The fourth-order valence-electron chi connectivity index (χ4n) is 2.67. The zero-order valence-electron chi connectivity index (χ0n) is 14.3. The number of hydrogen-bond donors (Lipinski definition) is 0. The van der Waals surface area contributed by atoms with E-state index in [0.29, 0.717) is 0 Å². The Morgan fingerprint density at radius 1 is 1.42 bits per heavy atom. The highest BCUT2D eigenvalue weighted by Gasteiger charge is 2.37. The van der Waals surface area contributed by atoms with E-state index in [-0.39, 0.29) is 18.2 Å². The topological polar surface area (TPSA) is 56.1 Å². The first kappa shape index (κ1) is 17.1. The van der Waals surface area contributed by atoms with Crippen LogP contribution in [-0.4, -0.2) is 45.2 Å². The summed E-state index contributed by atoms with van der Waals surface area (Å²) in [5.41, 5.74) is 0.455. The number of carbonyl (C=O) groups excluding carboxylic acids is 1. The van der Waals surface area contributed by atoms with Crippen molar-refractivity contribution in [2.75, 3.05) is 7.05 Å². The summed E-state index contributed by atoms with van der Waals surface area (Å²) < 4.78 is 14.3. The van der Waals surface area contributed by atoms with Crippen molar-refractivity contribution in [1.82, 2.24) is 14.3 Å². The number of halogens is 1. The molecule has 7 heteroatoms. The van der Waals surface area contributed by atoms with Gasteiger partial charge in [0.1, 0.15) is 23.0 Å². The summed E-state index contributed by atoms with van der Waals surface area (Å²) in [6, 6.07) is 2.10. The number of nitrogens with zero attached hydrogens (tertiary/aromatic N) is 3. The Morgan fingerprint density at radius 3 is 2.79 bits per heavy atom. The molecule has 1 saturated carbocycles. The minimum absolute atomic E-state index is 0.0906. The molecular formula is C17H22BrN3O3. The zero-order chi connectivity index (χ0) is 17.5. The average Bonchev–Trinajstić information content (AvgIpc) is 2.87. The first-order valence-corrected chi connectivity index (χ1v) is 8.76. The molecule has 1 aliphatic rings. The minimum Gasteiger partial charge on any atom is -0.488 e. The van der Waals surface area contributed by atoms with Crippen LogP contribution in [0.5, 0.6) is 5.75 Å². The van der Waals surface area contributed by atoms with E-state index < -0.39 is 5.60 Å². The fraction of sp³-hybridized carbons (Fsp3) is 0.529. The fourth-order valence-corrected chi connectivity index (χ4v) is 3.10. The van der Waals surface area contributed by atoms with Crippen LogP contribution in [-0.2, 0) is 4.74 Å². The summed E-state index contributed by atoms with van der Waals surface area (Å²) in [5, 5.41) is 0. The molecule has 6 nitrogen and oxygen atoms in total. The van der Waals surface area contributed by atoms with Crippen LogP contribution >= 0.6 is 15.9 Å². The van der Waals surface area contributed by atoms with E-state index in [0.717, 1.165) is 28.6 Å². The van der Waals surface area contributed by atoms with Gasteiger partial charge in [-0.15, -0.1) is 0 Å². The normalized spacial score (nSPS) is 20.5. The highest BCUT2D eigenvalue weighted by Crippen LogP contribution is 2.33. The van der Waals surface area contributed by atoms with Crippen molar-refractivity contribution in [3.63, 3.8) is 0 Å². The Labute approximate surface area is 149 Å². The van der Waals surface area contributed by atoms with Crippen LogP contribution in [0, 0.1) is 0 Å². The monoisotopic (exact) mass is 395 g/mol. The van der Waals surface area contributed by atoms with Crippen molar-refractivity contribution >= 4 is 27.5 Å². The predicted molar refractivity (Wildman–Crippen MR) is 94.3 cm³/mol. The Morgan fingerprint density at radius 2 is 2.12 bits per heavy atom. The lowest BCUT2D eigenvalue weighted by Gasteiger charge is -2.41. The molecule has 130 valence electrons. The van der Waals surface area contributed by atoms with Gasteiger partial charge in [0.25, 0.3) is 0 Å². The van der Waals surface area contributed by atoms with Gasteiger partial charge >= 0.3 is 6.09 Å². The molecule has 2 aromatic heterocycles. The van der Waals surface area contributed by atoms with E-state index in [1.54, 1.807) is 24.5 Å². The molecule has 0 atom stereocenters. The number of hydrogen-bond acceptors (Lipinski definition) is 4. The molecule has 0 unspecified atom stereocenters. The zero-order valence-corrected chi connectivity index (χ0v) is 15.9. The van der Waals surface area contributed by atoms with Gasteiger partial charge in [0.05, 0.1) is 12.5 Å². The minimum atomic E-state index is -0.477. The van der Waals surface area contributed by atoms with Crippen LogP contribution in [0.15, 0.2) is 29.3 Å². The van der Waals surface area contributed by atoms with E-state index in [1.807, 2.05) is 37.4 Å². The maximum Gasteiger partial charge on any atom is 0.410 e. The second-order valence-corrected chi connectivity index (χ2v) is 8.08. The third kappa shape index (κ3) is 3.66. The van der Waals surface area contributed by atoms with Gasteiger partial charge in [-0.1, -0.05) is 0 Å². The van der Waals surface area contributed by atoms with Gasteiger partial charge in [-0.05, 0) is 42.8 Å². The van der Waals surface area contributed by atoms with Crippen LogP contribution < -0.4 is 4.74 Å². The lowest BCUT2D eigenvalue weighted by atomic mass is 9.88. The van der Waals surface area contributed by atoms with Gasteiger partial charge in [-0.3, -0.25) is 0 Å². The summed E-state index contributed by atoms with van der Waals surface area (Å²) in [7, 11) is 1.78. The first-order chi connectivity index (χ1) is 11.2. The number of carbonyl (C=O) groups is 1. The number of aromatic nitrogens is 2. The number of rotatable bonds is 3. The highest BCUT2D eigenvalue weighted by molar-refractivity contribution is 9.10. The molecule has 0 aromatic carbocycles. The maximum absolute atomic E-state index is 12.1. The van der Waals surface area contributed by atoms with Gasteiger partial charge in [-0.2, -0.15) is 0 Å². The van der Waals surface area contributed by atoms with Crippen LogP contribution in [0.2, 0.25) is 0 Å². The van der Waals surface area contributed by atoms with Gasteiger partial charge in [0.15, 0.2) is 0 Å². The van der Waals surface area contributed by atoms with Crippen LogP contribution in [0.3, 0.4) is 0 Å². The second kappa shape index (κ2) is 6.27. The van der Waals surface area contributed by atoms with E-state index in [4.69, 9.17) is 9.47 Å². The summed E-state index contributed by atoms with van der Waals surface area (Å²) in [5.74, 6) is 0.797. The first-order valence-electron chi connectivity index (χ1n) is 7.96. The van der Waals surface area contributed by atoms with Crippen molar-refractivity contribution in [2.45, 2.75) is 51.4 Å². The number of pyridine rings is 1.